The predicted molar refractivity (Wildman–Crippen MR) is 102 cm³/mol. The summed E-state index contributed by atoms with van der Waals surface area (Å²) in [7, 11) is 1.79. The molecule has 3 aromatic rings. The molecule has 5 rings (SSSR count). The minimum atomic E-state index is -2.76. The number of amides is 2. The highest BCUT2D eigenvalue weighted by Crippen LogP contribution is 2.54. The van der Waals surface area contributed by atoms with Crippen molar-refractivity contribution in [3.8, 4) is 0 Å². The van der Waals surface area contributed by atoms with Crippen molar-refractivity contribution < 1.29 is 18.4 Å². The SMILES string of the molecule is Cn1ccnc1C1N(C(=O)c2cc(C(F)F)[nH]n2)CCC12C(=O)Nc1ccccc12. The van der Waals surface area contributed by atoms with Gasteiger partial charge in [0.05, 0.1) is 0 Å². The number of halogens is 2. The van der Waals surface area contributed by atoms with Crippen LogP contribution in [-0.2, 0) is 17.3 Å². The normalized spacial score (nSPS) is 22.7. The van der Waals surface area contributed by atoms with Gasteiger partial charge in [0, 0.05) is 31.7 Å². The lowest BCUT2D eigenvalue weighted by atomic mass is 9.74. The van der Waals surface area contributed by atoms with Crippen LogP contribution in [0.3, 0.4) is 0 Å². The molecule has 2 N–H and O–H groups in total. The molecule has 0 radical (unpaired) electrons. The predicted octanol–water partition coefficient (Wildman–Crippen LogP) is 2.56. The molecule has 0 bridgehead atoms. The molecule has 2 aliphatic heterocycles. The first-order valence-corrected chi connectivity index (χ1v) is 9.46. The Balaban J connectivity index is 1.64. The van der Waals surface area contributed by atoms with Crippen LogP contribution in [0.5, 0.6) is 0 Å². The smallest absolute Gasteiger partial charge is 0.279 e. The Kier molecular flexibility index (Phi) is 3.99. The first kappa shape index (κ1) is 18.5. The van der Waals surface area contributed by atoms with E-state index in [0.29, 0.717) is 17.9 Å². The summed E-state index contributed by atoms with van der Waals surface area (Å²) in [6.45, 7) is 0.259. The van der Waals surface area contributed by atoms with E-state index in [9.17, 15) is 18.4 Å². The van der Waals surface area contributed by atoms with Crippen LogP contribution in [0.15, 0.2) is 42.7 Å². The number of aromatic amines is 1. The molecule has 2 atom stereocenters. The second-order valence-corrected chi connectivity index (χ2v) is 7.53. The summed E-state index contributed by atoms with van der Waals surface area (Å²) >= 11 is 0. The summed E-state index contributed by atoms with van der Waals surface area (Å²) in [6.07, 6.45) is 0.964. The first-order chi connectivity index (χ1) is 14.4. The largest absolute Gasteiger partial charge is 0.336 e. The summed E-state index contributed by atoms with van der Waals surface area (Å²) in [6, 6.07) is 7.73. The zero-order chi connectivity index (χ0) is 21.0. The van der Waals surface area contributed by atoms with E-state index < -0.39 is 29.5 Å². The van der Waals surface area contributed by atoms with Crippen molar-refractivity contribution in [1.82, 2.24) is 24.6 Å². The third kappa shape index (κ3) is 2.42. The minimum absolute atomic E-state index is 0.117. The zero-order valence-corrected chi connectivity index (χ0v) is 16.0. The Bertz CT molecular complexity index is 1160. The molecule has 10 heteroatoms. The van der Waals surface area contributed by atoms with Gasteiger partial charge in [-0.2, -0.15) is 5.10 Å². The van der Waals surface area contributed by atoms with Gasteiger partial charge in [-0.1, -0.05) is 18.2 Å². The van der Waals surface area contributed by atoms with Gasteiger partial charge in [0.25, 0.3) is 12.3 Å². The van der Waals surface area contributed by atoms with Crippen LogP contribution in [0.2, 0.25) is 0 Å². The van der Waals surface area contributed by atoms with E-state index in [1.807, 2.05) is 24.3 Å². The molecule has 8 nitrogen and oxygen atoms in total. The second-order valence-electron chi connectivity index (χ2n) is 7.53. The van der Waals surface area contributed by atoms with Crippen LogP contribution in [0.25, 0.3) is 0 Å². The third-order valence-electron chi connectivity index (χ3n) is 6.00. The summed E-state index contributed by atoms with van der Waals surface area (Å²) < 4.78 is 27.7. The van der Waals surface area contributed by atoms with E-state index in [2.05, 4.69) is 20.5 Å². The van der Waals surface area contributed by atoms with Crippen molar-refractivity contribution >= 4 is 17.5 Å². The number of imidazole rings is 1. The molecule has 2 unspecified atom stereocenters. The van der Waals surface area contributed by atoms with Crippen LogP contribution in [0.4, 0.5) is 14.5 Å². The molecule has 0 saturated carbocycles. The quantitative estimate of drug-likeness (QED) is 0.691. The molecule has 2 aromatic heterocycles. The highest BCUT2D eigenvalue weighted by molar-refractivity contribution is 6.08. The van der Waals surface area contributed by atoms with Crippen molar-refractivity contribution in [3.63, 3.8) is 0 Å². The number of nitrogens with zero attached hydrogens (tertiary/aromatic N) is 4. The highest BCUT2D eigenvalue weighted by Gasteiger charge is 2.60. The van der Waals surface area contributed by atoms with Crippen molar-refractivity contribution in [2.45, 2.75) is 24.3 Å². The summed E-state index contributed by atoms with van der Waals surface area (Å²) in [4.78, 5) is 32.5. The van der Waals surface area contributed by atoms with Gasteiger partial charge in [-0.3, -0.25) is 14.7 Å². The number of hydrogen-bond donors (Lipinski definition) is 2. The number of para-hydroxylation sites is 1. The van der Waals surface area contributed by atoms with E-state index in [-0.39, 0.29) is 18.1 Å². The number of H-pyrrole nitrogens is 1. The van der Waals surface area contributed by atoms with Crippen LogP contribution in [-0.4, -0.2) is 43.0 Å². The zero-order valence-electron chi connectivity index (χ0n) is 16.0. The van der Waals surface area contributed by atoms with Gasteiger partial charge in [-0.05, 0) is 24.1 Å². The Morgan fingerprint density at radius 3 is 2.83 bits per heavy atom. The van der Waals surface area contributed by atoms with Crippen LogP contribution < -0.4 is 5.32 Å². The molecule has 154 valence electrons. The maximum absolute atomic E-state index is 13.3. The Hall–Kier alpha value is -3.56. The number of likely N-dealkylation sites (tertiary alicyclic amines) is 1. The molecule has 1 aromatic carbocycles. The molecular weight excluding hydrogens is 394 g/mol. The number of aryl methyl sites for hydroxylation is 1. The van der Waals surface area contributed by atoms with Gasteiger partial charge < -0.3 is 14.8 Å². The fourth-order valence-electron chi connectivity index (χ4n) is 4.61. The highest BCUT2D eigenvalue weighted by atomic mass is 19.3. The number of carbonyl (C=O) groups is 2. The van der Waals surface area contributed by atoms with Crippen molar-refractivity contribution in [3.05, 3.63) is 65.5 Å². The molecule has 2 aliphatic rings. The number of rotatable bonds is 3. The number of fused-ring (bicyclic) bond motifs is 2. The maximum atomic E-state index is 13.3. The second kappa shape index (κ2) is 6.48. The molecule has 2 amide bonds. The molecular formula is C20H18F2N6O2. The third-order valence-corrected chi connectivity index (χ3v) is 6.00. The number of anilines is 1. The Labute approximate surface area is 169 Å². The minimum Gasteiger partial charge on any atom is -0.336 e. The molecule has 1 spiro atoms. The van der Waals surface area contributed by atoms with E-state index in [1.165, 1.54) is 4.90 Å². The van der Waals surface area contributed by atoms with E-state index in [1.54, 1.807) is 24.0 Å². The van der Waals surface area contributed by atoms with Crippen molar-refractivity contribution in [2.75, 3.05) is 11.9 Å². The van der Waals surface area contributed by atoms with Gasteiger partial charge in [-0.25, -0.2) is 13.8 Å². The van der Waals surface area contributed by atoms with E-state index >= 15 is 0 Å². The fourth-order valence-corrected chi connectivity index (χ4v) is 4.61. The number of carbonyl (C=O) groups excluding carboxylic acids is 2. The standard InChI is InChI=1S/C20H18F2N6O2/c1-27-9-7-23-17(27)15-20(11-4-2-3-5-12(11)24-19(20)30)6-8-28(15)18(29)14-10-13(16(21)22)25-26-14/h2-5,7,9-10,15-16H,6,8H2,1H3,(H,24,30)(H,25,26). The molecule has 0 aliphatic carbocycles. The topological polar surface area (TPSA) is 95.9 Å². The van der Waals surface area contributed by atoms with Gasteiger partial charge in [-0.15, -0.1) is 0 Å². The average molecular weight is 412 g/mol. The lowest BCUT2D eigenvalue weighted by Gasteiger charge is -2.33. The van der Waals surface area contributed by atoms with Gasteiger partial charge in [0.2, 0.25) is 5.91 Å². The van der Waals surface area contributed by atoms with Gasteiger partial charge in [0.15, 0.2) is 5.69 Å². The number of hydrogen-bond acceptors (Lipinski definition) is 4. The fraction of sp³-hybridized carbons (Fsp3) is 0.300. The lowest BCUT2D eigenvalue weighted by Crippen LogP contribution is -2.43. The monoisotopic (exact) mass is 412 g/mol. The van der Waals surface area contributed by atoms with E-state index in [0.717, 1.165) is 11.6 Å². The van der Waals surface area contributed by atoms with Crippen LogP contribution >= 0.6 is 0 Å². The van der Waals surface area contributed by atoms with E-state index in [4.69, 9.17) is 0 Å². The number of aromatic nitrogens is 4. The number of nitrogens with one attached hydrogen (secondary N) is 2. The number of alkyl halides is 2. The summed E-state index contributed by atoms with van der Waals surface area (Å²) in [5.74, 6) is -0.195. The van der Waals surface area contributed by atoms with Crippen molar-refractivity contribution in [1.29, 1.82) is 0 Å². The molecule has 4 heterocycles. The van der Waals surface area contributed by atoms with Crippen LogP contribution in [0, 0.1) is 0 Å². The molecule has 1 saturated heterocycles. The number of benzene rings is 1. The van der Waals surface area contributed by atoms with Gasteiger partial charge in [0.1, 0.15) is 23.0 Å². The molecule has 30 heavy (non-hydrogen) atoms. The Morgan fingerprint density at radius 1 is 1.33 bits per heavy atom. The van der Waals surface area contributed by atoms with Crippen LogP contribution in [0.1, 0.15) is 46.5 Å². The average Bonchev–Trinajstić information content (AvgIpc) is 3.49. The maximum Gasteiger partial charge on any atom is 0.279 e. The van der Waals surface area contributed by atoms with Gasteiger partial charge >= 0.3 is 0 Å². The summed E-state index contributed by atoms with van der Waals surface area (Å²) in [5, 5.41) is 8.91. The van der Waals surface area contributed by atoms with Crippen molar-refractivity contribution in [2.24, 2.45) is 7.05 Å². The summed E-state index contributed by atoms with van der Waals surface area (Å²) in [5.41, 5.74) is -0.0601. The Morgan fingerprint density at radius 2 is 2.13 bits per heavy atom. The lowest BCUT2D eigenvalue weighted by molar-refractivity contribution is -0.121. The first-order valence-electron chi connectivity index (χ1n) is 9.46. The molecule has 1 fully saturated rings.